The van der Waals surface area contributed by atoms with Crippen molar-refractivity contribution in [2.45, 2.75) is 37.1 Å². The molecule has 21 heavy (non-hydrogen) atoms. The number of sulfonamides is 1. The van der Waals surface area contributed by atoms with Crippen LogP contribution in [-0.2, 0) is 10.0 Å². The summed E-state index contributed by atoms with van der Waals surface area (Å²) in [4.78, 5) is 10.4. The molecule has 0 aromatic heterocycles. The number of nitro benzene ring substituents is 1. The molecular weight excluding hydrogens is 294 g/mol. The fourth-order valence-corrected chi connectivity index (χ4v) is 4.29. The summed E-state index contributed by atoms with van der Waals surface area (Å²) >= 11 is 0. The zero-order valence-corrected chi connectivity index (χ0v) is 12.9. The van der Waals surface area contributed by atoms with Crippen LogP contribution in [0.5, 0.6) is 0 Å². The fourth-order valence-electron chi connectivity index (χ4n) is 2.33. The van der Waals surface area contributed by atoms with E-state index in [1.807, 2.05) is 6.92 Å². The van der Waals surface area contributed by atoms with Crippen LogP contribution >= 0.6 is 0 Å². The molecule has 7 nitrogen and oxygen atoms in total. The molecule has 0 amide bonds. The maximum absolute atomic E-state index is 12.8. The van der Waals surface area contributed by atoms with Crippen molar-refractivity contribution in [1.29, 1.82) is 0 Å². The van der Waals surface area contributed by atoms with Gasteiger partial charge in [-0.05, 0) is 31.4 Å². The molecule has 1 saturated carbocycles. The third-order valence-electron chi connectivity index (χ3n) is 3.44. The predicted molar refractivity (Wildman–Crippen MR) is 79.8 cm³/mol. The van der Waals surface area contributed by atoms with E-state index < -0.39 is 14.9 Å². The van der Waals surface area contributed by atoms with E-state index in [4.69, 9.17) is 0 Å². The number of nitrogens with zero attached hydrogens (tertiary/aromatic N) is 2. The van der Waals surface area contributed by atoms with Crippen molar-refractivity contribution < 1.29 is 13.3 Å². The van der Waals surface area contributed by atoms with E-state index in [0.717, 1.165) is 12.8 Å². The van der Waals surface area contributed by atoms with Crippen LogP contribution in [0, 0.1) is 10.1 Å². The molecular formula is C13H19N3O4S. The Morgan fingerprint density at radius 1 is 1.43 bits per heavy atom. The number of rotatable bonds is 7. The van der Waals surface area contributed by atoms with Crippen LogP contribution in [0.4, 0.5) is 11.4 Å². The minimum atomic E-state index is -3.86. The number of benzene rings is 1. The standard InChI is InChI=1S/C13H19N3O4S/c1-3-9-15(10-7-8-10)21(19,20)12-6-4-5-11(14-2)13(12)16(17)18/h4-6,10,14H,3,7-9H2,1-2H3. The first-order valence-corrected chi connectivity index (χ1v) is 8.34. The predicted octanol–water partition coefficient (Wildman–Crippen LogP) is 2.20. The monoisotopic (exact) mass is 313 g/mol. The Kier molecular flexibility index (Phi) is 4.48. The van der Waals surface area contributed by atoms with E-state index in [2.05, 4.69) is 5.32 Å². The van der Waals surface area contributed by atoms with Gasteiger partial charge in [-0.3, -0.25) is 10.1 Å². The molecule has 1 aromatic rings. The highest BCUT2D eigenvalue weighted by atomic mass is 32.2. The molecule has 0 atom stereocenters. The van der Waals surface area contributed by atoms with Gasteiger partial charge in [-0.2, -0.15) is 4.31 Å². The Balaban J connectivity index is 2.56. The third kappa shape index (κ3) is 3.01. The van der Waals surface area contributed by atoms with Crippen molar-refractivity contribution in [3.8, 4) is 0 Å². The minimum absolute atomic E-state index is 0.0206. The van der Waals surface area contributed by atoms with Gasteiger partial charge in [-0.15, -0.1) is 0 Å². The van der Waals surface area contributed by atoms with Gasteiger partial charge in [0.25, 0.3) is 0 Å². The first-order chi connectivity index (χ1) is 9.93. The fraction of sp³-hybridized carbons (Fsp3) is 0.538. The molecule has 0 unspecified atom stereocenters. The highest BCUT2D eigenvalue weighted by molar-refractivity contribution is 7.89. The first kappa shape index (κ1) is 15.7. The van der Waals surface area contributed by atoms with Crippen molar-refractivity contribution >= 4 is 21.4 Å². The molecule has 1 aliphatic carbocycles. The summed E-state index contributed by atoms with van der Waals surface area (Å²) in [7, 11) is -2.33. The lowest BCUT2D eigenvalue weighted by Crippen LogP contribution is -2.34. The SMILES string of the molecule is CCCN(C1CC1)S(=O)(=O)c1cccc(NC)c1[N+](=O)[O-]. The smallest absolute Gasteiger partial charge is 0.312 e. The summed E-state index contributed by atoms with van der Waals surface area (Å²) in [5.74, 6) is 0. The van der Waals surface area contributed by atoms with Crippen molar-refractivity contribution in [1.82, 2.24) is 4.31 Å². The van der Waals surface area contributed by atoms with Gasteiger partial charge in [0.2, 0.25) is 10.0 Å². The van der Waals surface area contributed by atoms with Crippen molar-refractivity contribution in [2.75, 3.05) is 18.9 Å². The number of nitro groups is 1. The van der Waals surface area contributed by atoms with Crippen molar-refractivity contribution in [2.24, 2.45) is 0 Å². The summed E-state index contributed by atoms with van der Waals surface area (Å²) < 4.78 is 27.0. The molecule has 0 bridgehead atoms. The second-order valence-electron chi connectivity index (χ2n) is 5.01. The van der Waals surface area contributed by atoms with E-state index in [-0.39, 0.29) is 22.3 Å². The lowest BCUT2D eigenvalue weighted by atomic mass is 10.3. The van der Waals surface area contributed by atoms with Crippen LogP contribution in [0.3, 0.4) is 0 Å². The van der Waals surface area contributed by atoms with Gasteiger partial charge in [0.1, 0.15) is 5.69 Å². The summed E-state index contributed by atoms with van der Waals surface area (Å²) in [5, 5.41) is 14.0. The Hall–Kier alpha value is -1.67. The normalized spacial score (nSPS) is 15.2. The van der Waals surface area contributed by atoms with Gasteiger partial charge in [-0.25, -0.2) is 8.42 Å². The molecule has 8 heteroatoms. The van der Waals surface area contributed by atoms with Crippen LogP contribution in [0.1, 0.15) is 26.2 Å². The summed E-state index contributed by atoms with van der Waals surface area (Å²) in [6, 6.07) is 4.30. The van der Waals surface area contributed by atoms with Gasteiger partial charge in [0.05, 0.1) is 4.92 Å². The van der Waals surface area contributed by atoms with Crippen LogP contribution in [-0.4, -0.2) is 37.3 Å². The molecule has 0 radical (unpaired) electrons. The third-order valence-corrected chi connectivity index (χ3v) is 5.42. The van der Waals surface area contributed by atoms with Gasteiger partial charge in [0, 0.05) is 19.6 Å². The highest BCUT2D eigenvalue weighted by Crippen LogP contribution is 2.37. The Morgan fingerprint density at radius 3 is 2.57 bits per heavy atom. The molecule has 1 N–H and O–H groups in total. The van der Waals surface area contributed by atoms with E-state index in [9.17, 15) is 18.5 Å². The van der Waals surface area contributed by atoms with E-state index in [1.54, 1.807) is 0 Å². The van der Waals surface area contributed by atoms with Crippen LogP contribution in [0.15, 0.2) is 23.1 Å². The molecule has 1 aliphatic rings. The molecule has 0 saturated heterocycles. The number of anilines is 1. The molecule has 0 spiro atoms. The average Bonchev–Trinajstić information content (AvgIpc) is 3.27. The number of hydrogen-bond acceptors (Lipinski definition) is 5. The maximum atomic E-state index is 12.8. The topological polar surface area (TPSA) is 92.6 Å². The molecule has 1 aromatic carbocycles. The zero-order valence-electron chi connectivity index (χ0n) is 12.1. The molecule has 1 fully saturated rings. The highest BCUT2D eigenvalue weighted by Gasteiger charge is 2.40. The lowest BCUT2D eigenvalue weighted by molar-refractivity contribution is -0.386. The van der Waals surface area contributed by atoms with Crippen molar-refractivity contribution in [3.05, 3.63) is 28.3 Å². The van der Waals surface area contributed by atoms with Gasteiger partial charge >= 0.3 is 5.69 Å². The van der Waals surface area contributed by atoms with E-state index in [1.165, 1.54) is 29.6 Å². The summed E-state index contributed by atoms with van der Waals surface area (Å²) in [6.45, 7) is 2.28. The van der Waals surface area contributed by atoms with Crippen LogP contribution in [0.2, 0.25) is 0 Å². The number of para-hydroxylation sites is 1. The first-order valence-electron chi connectivity index (χ1n) is 6.90. The van der Waals surface area contributed by atoms with Crippen LogP contribution < -0.4 is 5.32 Å². The van der Waals surface area contributed by atoms with Gasteiger partial charge in [0.15, 0.2) is 4.90 Å². The Bertz CT molecular complexity index is 641. The minimum Gasteiger partial charge on any atom is -0.383 e. The quantitative estimate of drug-likeness (QED) is 0.615. The lowest BCUT2D eigenvalue weighted by Gasteiger charge is -2.21. The second kappa shape index (κ2) is 5.98. The Morgan fingerprint density at radius 2 is 2.10 bits per heavy atom. The maximum Gasteiger partial charge on any atom is 0.312 e. The molecule has 2 rings (SSSR count). The Labute approximate surface area is 124 Å². The number of nitrogens with one attached hydrogen (secondary N) is 1. The van der Waals surface area contributed by atoms with E-state index >= 15 is 0 Å². The largest absolute Gasteiger partial charge is 0.383 e. The zero-order chi connectivity index (χ0) is 15.6. The molecule has 116 valence electrons. The second-order valence-corrected chi connectivity index (χ2v) is 6.87. The van der Waals surface area contributed by atoms with Gasteiger partial charge < -0.3 is 5.32 Å². The van der Waals surface area contributed by atoms with Crippen LogP contribution in [0.25, 0.3) is 0 Å². The number of hydrogen-bond donors (Lipinski definition) is 1. The molecule has 0 heterocycles. The average molecular weight is 313 g/mol. The summed E-state index contributed by atoms with van der Waals surface area (Å²) in [6.07, 6.45) is 2.31. The summed E-state index contributed by atoms with van der Waals surface area (Å²) in [5.41, 5.74) is -0.185. The van der Waals surface area contributed by atoms with Gasteiger partial charge in [-0.1, -0.05) is 13.0 Å². The van der Waals surface area contributed by atoms with Crippen molar-refractivity contribution in [3.63, 3.8) is 0 Å². The molecule has 0 aliphatic heterocycles. The van der Waals surface area contributed by atoms with E-state index in [0.29, 0.717) is 13.0 Å².